The molecule has 0 radical (unpaired) electrons. The van der Waals surface area contributed by atoms with Crippen LogP contribution in [-0.2, 0) is 6.18 Å². The summed E-state index contributed by atoms with van der Waals surface area (Å²) in [5, 5.41) is 3.94. The minimum atomic E-state index is -4.40. The molecule has 0 aliphatic carbocycles. The van der Waals surface area contributed by atoms with Gasteiger partial charge in [0.1, 0.15) is 19.0 Å². The fourth-order valence-electron chi connectivity index (χ4n) is 1.94. The lowest BCUT2D eigenvalue weighted by Gasteiger charge is -2.18. The van der Waals surface area contributed by atoms with E-state index < -0.39 is 11.7 Å². The van der Waals surface area contributed by atoms with E-state index in [1.165, 1.54) is 12.3 Å². The van der Waals surface area contributed by atoms with Gasteiger partial charge in [0.2, 0.25) is 0 Å². The van der Waals surface area contributed by atoms with E-state index in [1.54, 1.807) is 18.2 Å². The summed E-state index contributed by atoms with van der Waals surface area (Å²) >= 11 is 0. The van der Waals surface area contributed by atoms with E-state index in [1.807, 2.05) is 0 Å². The second-order valence-corrected chi connectivity index (χ2v) is 4.70. The largest absolute Gasteiger partial charge is 0.486 e. The summed E-state index contributed by atoms with van der Waals surface area (Å²) in [7, 11) is 0. The third kappa shape index (κ3) is 3.71. The van der Waals surface area contributed by atoms with E-state index in [2.05, 4.69) is 15.5 Å². The number of hydrogen-bond acceptors (Lipinski definition) is 5. The standard InChI is InChI=1S/C15H12F3N3O2/c16-15(17,18)11-2-4-14(19-9-11)21-20-8-10-1-3-12-13(7-10)23-6-5-22-12/h1-4,7-9H,5-6H2,(H,19,21)/b20-8-. The molecule has 1 aromatic carbocycles. The van der Waals surface area contributed by atoms with Crippen molar-refractivity contribution in [2.75, 3.05) is 18.6 Å². The molecule has 1 aliphatic rings. The zero-order valence-corrected chi connectivity index (χ0v) is 11.8. The summed E-state index contributed by atoms with van der Waals surface area (Å²) in [6.07, 6.45) is -2.14. The lowest BCUT2D eigenvalue weighted by atomic mass is 10.2. The molecule has 0 fully saturated rings. The van der Waals surface area contributed by atoms with Crippen LogP contribution in [0.25, 0.3) is 0 Å². The summed E-state index contributed by atoms with van der Waals surface area (Å²) < 4.78 is 48.1. The van der Waals surface area contributed by atoms with Gasteiger partial charge in [-0.2, -0.15) is 18.3 Å². The average Bonchev–Trinajstić information content (AvgIpc) is 2.54. The van der Waals surface area contributed by atoms with Gasteiger partial charge >= 0.3 is 6.18 Å². The smallest absolute Gasteiger partial charge is 0.417 e. The normalized spacial score (nSPS) is 14.0. The van der Waals surface area contributed by atoms with Crippen LogP contribution in [0.2, 0.25) is 0 Å². The van der Waals surface area contributed by atoms with Gasteiger partial charge in [0.15, 0.2) is 11.5 Å². The van der Waals surface area contributed by atoms with Crippen LogP contribution in [0.15, 0.2) is 41.6 Å². The fourth-order valence-corrected chi connectivity index (χ4v) is 1.94. The molecule has 0 unspecified atom stereocenters. The van der Waals surface area contributed by atoms with Crippen molar-refractivity contribution in [3.63, 3.8) is 0 Å². The number of hydrazone groups is 1. The van der Waals surface area contributed by atoms with Gasteiger partial charge in [-0.15, -0.1) is 0 Å². The van der Waals surface area contributed by atoms with Gasteiger partial charge in [0.25, 0.3) is 0 Å². The van der Waals surface area contributed by atoms with Crippen LogP contribution < -0.4 is 14.9 Å². The van der Waals surface area contributed by atoms with Gasteiger partial charge in [-0.1, -0.05) is 0 Å². The molecule has 8 heteroatoms. The molecule has 1 aromatic heterocycles. The Morgan fingerprint density at radius 1 is 1.09 bits per heavy atom. The van der Waals surface area contributed by atoms with Crippen molar-refractivity contribution in [3.05, 3.63) is 47.7 Å². The molecular formula is C15H12F3N3O2. The average molecular weight is 323 g/mol. The molecule has 0 saturated carbocycles. The zero-order valence-electron chi connectivity index (χ0n) is 11.8. The van der Waals surface area contributed by atoms with Gasteiger partial charge in [-0.3, -0.25) is 5.43 Å². The zero-order chi connectivity index (χ0) is 16.3. The number of rotatable bonds is 3. The van der Waals surface area contributed by atoms with Crippen molar-refractivity contribution < 1.29 is 22.6 Å². The molecular weight excluding hydrogens is 311 g/mol. The first kappa shape index (κ1) is 15.1. The van der Waals surface area contributed by atoms with Crippen LogP contribution in [-0.4, -0.2) is 24.4 Å². The van der Waals surface area contributed by atoms with Crippen LogP contribution >= 0.6 is 0 Å². The SMILES string of the molecule is FC(F)(F)c1ccc(N/N=C\c2ccc3c(c2)OCCO3)nc1. The number of ether oxygens (including phenoxy) is 2. The number of nitrogens with one attached hydrogen (secondary N) is 1. The predicted molar refractivity (Wildman–Crippen MR) is 77.9 cm³/mol. The van der Waals surface area contributed by atoms with Gasteiger partial charge in [0, 0.05) is 6.20 Å². The molecule has 0 spiro atoms. The van der Waals surface area contributed by atoms with Crippen LogP contribution in [0.4, 0.5) is 19.0 Å². The van der Waals surface area contributed by atoms with Crippen molar-refractivity contribution >= 4 is 12.0 Å². The first-order valence-electron chi connectivity index (χ1n) is 6.74. The minimum Gasteiger partial charge on any atom is -0.486 e. The predicted octanol–water partition coefficient (Wildman–Crippen LogP) is 3.32. The number of nitrogens with zero attached hydrogens (tertiary/aromatic N) is 2. The number of benzene rings is 1. The Morgan fingerprint density at radius 2 is 1.87 bits per heavy atom. The first-order chi connectivity index (χ1) is 11.0. The molecule has 23 heavy (non-hydrogen) atoms. The third-order valence-electron chi connectivity index (χ3n) is 3.05. The molecule has 3 rings (SSSR count). The molecule has 0 bridgehead atoms. The van der Waals surface area contributed by atoms with Gasteiger partial charge in [-0.05, 0) is 35.9 Å². The van der Waals surface area contributed by atoms with E-state index in [-0.39, 0.29) is 5.82 Å². The second kappa shape index (κ2) is 6.15. The number of alkyl halides is 3. The van der Waals surface area contributed by atoms with Crippen molar-refractivity contribution in [3.8, 4) is 11.5 Å². The molecule has 2 heterocycles. The Balaban J connectivity index is 1.65. The summed E-state index contributed by atoms with van der Waals surface area (Å²) in [6, 6.07) is 7.48. The Labute approximate surface area is 129 Å². The van der Waals surface area contributed by atoms with E-state index in [9.17, 15) is 13.2 Å². The molecule has 120 valence electrons. The molecule has 2 aromatic rings. The van der Waals surface area contributed by atoms with Crippen LogP contribution in [0, 0.1) is 0 Å². The van der Waals surface area contributed by atoms with Gasteiger partial charge in [0.05, 0.1) is 11.8 Å². The quantitative estimate of drug-likeness (QED) is 0.695. The maximum atomic E-state index is 12.4. The summed E-state index contributed by atoms with van der Waals surface area (Å²) in [4.78, 5) is 3.66. The number of fused-ring (bicyclic) bond motifs is 1. The number of anilines is 1. The van der Waals surface area contributed by atoms with E-state index >= 15 is 0 Å². The van der Waals surface area contributed by atoms with Gasteiger partial charge in [-0.25, -0.2) is 4.98 Å². The van der Waals surface area contributed by atoms with Crippen molar-refractivity contribution in [2.45, 2.75) is 6.18 Å². The number of pyridine rings is 1. The highest BCUT2D eigenvalue weighted by Crippen LogP contribution is 2.30. The number of hydrogen-bond donors (Lipinski definition) is 1. The fraction of sp³-hybridized carbons (Fsp3) is 0.200. The monoisotopic (exact) mass is 323 g/mol. The van der Waals surface area contributed by atoms with E-state index in [0.717, 1.165) is 17.8 Å². The maximum absolute atomic E-state index is 12.4. The lowest BCUT2D eigenvalue weighted by Crippen LogP contribution is -2.15. The number of aromatic nitrogens is 1. The Hall–Kier alpha value is -2.77. The summed E-state index contributed by atoms with van der Waals surface area (Å²) in [5.41, 5.74) is 2.52. The van der Waals surface area contributed by atoms with Crippen LogP contribution in [0.5, 0.6) is 11.5 Å². The second-order valence-electron chi connectivity index (χ2n) is 4.70. The molecule has 5 nitrogen and oxygen atoms in total. The maximum Gasteiger partial charge on any atom is 0.417 e. The Morgan fingerprint density at radius 3 is 2.57 bits per heavy atom. The van der Waals surface area contributed by atoms with Crippen LogP contribution in [0.3, 0.4) is 0 Å². The van der Waals surface area contributed by atoms with E-state index in [0.29, 0.717) is 24.7 Å². The summed E-state index contributed by atoms with van der Waals surface area (Å²) in [5.74, 6) is 1.52. The highest BCUT2D eigenvalue weighted by molar-refractivity contribution is 5.81. The summed E-state index contributed by atoms with van der Waals surface area (Å²) in [6.45, 7) is 1.00. The molecule has 1 N–H and O–H groups in total. The van der Waals surface area contributed by atoms with Crippen molar-refractivity contribution in [1.29, 1.82) is 0 Å². The first-order valence-corrected chi connectivity index (χ1v) is 6.74. The van der Waals surface area contributed by atoms with E-state index in [4.69, 9.17) is 9.47 Å². The Kier molecular flexibility index (Phi) is 4.05. The molecule has 0 atom stereocenters. The minimum absolute atomic E-state index is 0.215. The molecule has 0 amide bonds. The molecule has 0 saturated heterocycles. The Bertz CT molecular complexity index is 715. The third-order valence-corrected chi connectivity index (χ3v) is 3.05. The highest BCUT2D eigenvalue weighted by atomic mass is 19.4. The van der Waals surface area contributed by atoms with Crippen molar-refractivity contribution in [1.82, 2.24) is 4.98 Å². The lowest BCUT2D eigenvalue weighted by molar-refractivity contribution is -0.137. The molecule has 1 aliphatic heterocycles. The van der Waals surface area contributed by atoms with Gasteiger partial charge < -0.3 is 9.47 Å². The van der Waals surface area contributed by atoms with Crippen molar-refractivity contribution in [2.24, 2.45) is 5.10 Å². The number of halogens is 3. The van der Waals surface area contributed by atoms with Crippen LogP contribution in [0.1, 0.15) is 11.1 Å². The topological polar surface area (TPSA) is 55.7 Å². The highest BCUT2D eigenvalue weighted by Gasteiger charge is 2.30.